The SMILES string of the molecule is CCc1noc(C)c1C(=O)Nc1ccc(Oc2nn[nH]n2)cc1. The monoisotopic (exact) mass is 314 g/mol. The Morgan fingerprint density at radius 2 is 2.13 bits per heavy atom. The van der Waals surface area contributed by atoms with Gasteiger partial charge in [0.2, 0.25) is 0 Å². The van der Waals surface area contributed by atoms with E-state index in [-0.39, 0.29) is 11.9 Å². The lowest BCUT2D eigenvalue weighted by Gasteiger charge is -2.06. The van der Waals surface area contributed by atoms with Crippen molar-refractivity contribution >= 4 is 11.6 Å². The summed E-state index contributed by atoms with van der Waals surface area (Å²) < 4.78 is 10.4. The number of carbonyl (C=O) groups excluding carboxylic acids is 1. The van der Waals surface area contributed by atoms with Gasteiger partial charge in [0.05, 0.1) is 5.69 Å². The van der Waals surface area contributed by atoms with Gasteiger partial charge in [0.1, 0.15) is 17.1 Å². The second-order valence-corrected chi connectivity index (χ2v) is 4.69. The van der Waals surface area contributed by atoms with E-state index >= 15 is 0 Å². The standard InChI is InChI=1S/C14H14N6O3/c1-3-11-12(8(2)23-18-11)13(21)15-9-4-6-10(7-5-9)22-14-16-19-20-17-14/h4-7H,3H2,1-2H3,(H,15,21)(H,16,17,19,20). The Bertz CT molecular complexity index is 795. The third kappa shape index (κ3) is 3.18. The van der Waals surface area contributed by atoms with Crippen molar-refractivity contribution < 1.29 is 14.1 Å². The Labute approximate surface area is 131 Å². The van der Waals surface area contributed by atoms with E-state index in [9.17, 15) is 4.79 Å². The van der Waals surface area contributed by atoms with Crippen LogP contribution in [0.15, 0.2) is 28.8 Å². The minimum absolute atomic E-state index is 0.120. The first-order valence-electron chi connectivity index (χ1n) is 6.95. The molecule has 3 rings (SSSR count). The number of benzene rings is 1. The van der Waals surface area contributed by atoms with Crippen molar-refractivity contribution in [3.63, 3.8) is 0 Å². The molecule has 0 aliphatic carbocycles. The van der Waals surface area contributed by atoms with E-state index in [0.29, 0.717) is 34.9 Å². The second-order valence-electron chi connectivity index (χ2n) is 4.69. The van der Waals surface area contributed by atoms with Gasteiger partial charge in [-0.3, -0.25) is 4.79 Å². The quantitative estimate of drug-likeness (QED) is 0.740. The van der Waals surface area contributed by atoms with E-state index in [1.165, 1.54) is 0 Å². The van der Waals surface area contributed by atoms with Crippen LogP contribution in [0.25, 0.3) is 0 Å². The van der Waals surface area contributed by atoms with Gasteiger partial charge in [-0.05, 0) is 42.8 Å². The normalized spacial score (nSPS) is 10.5. The number of ether oxygens (including phenoxy) is 1. The van der Waals surface area contributed by atoms with E-state index in [1.807, 2.05) is 6.92 Å². The molecule has 9 heteroatoms. The molecule has 0 bridgehead atoms. The van der Waals surface area contributed by atoms with E-state index in [4.69, 9.17) is 9.26 Å². The third-order valence-corrected chi connectivity index (χ3v) is 3.14. The summed E-state index contributed by atoms with van der Waals surface area (Å²) in [7, 11) is 0. The highest BCUT2D eigenvalue weighted by atomic mass is 16.5. The van der Waals surface area contributed by atoms with Crippen molar-refractivity contribution in [1.82, 2.24) is 25.8 Å². The molecule has 0 saturated carbocycles. The predicted octanol–water partition coefficient (Wildman–Crippen LogP) is 2.10. The van der Waals surface area contributed by atoms with Crippen LogP contribution in [0.2, 0.25) is 0 Å². The van der Waals surface area contributed by atoms with E-state index < -0.39 is 0 Å². The van der Waals surface area contributed by atoms with Crippen LogP contribution in [-0.4, -0.2) is 31.7 Å². The molecule has 0 unspecified atom stereocenters. The number of nitrogens with zero attached hydrogens (tertiary/aromatic N) is 4. The van der Waals surface area contributed by atoms with Crippen LogP contribution in [0.1, 0.15) is 28.7 Å². The summed E-state index contributed by atoms with van der Waals surface area (Å²) in [6.07, 6.45) is 0.623. The van der Waals surface area contributed by atoms with Crippen LogP contribution >= 0.6 is 0 Å². The summed E-state index contributed by atoms with van der Waals surface area (Å²) in [5.41, 5.74) is 1.73. The van der Waals surface area contributed by atoms with Gasteiger partial charge in [-0.1, -0.05) is 22.3 Å². The minimum atomic E-state index is -0.257. The second kappa shape index (κ2) is 6.26. The summed E-state index contributed by atoms with van der Waals surface area (Å²) in [5, 5.41) is 19.7. The molecule has 0 spiro atoms. The molecule has 0 atom stereocenters. The van der Waals surface area contributed by atoms with Gasteiger partial charge >= 0.3 is 6.01 Å². The number of rotatable bonds is 5. The van der Waals surface area contributed by atoms with Gasteiger partial charge in [-0.25, -0.2) is 0 Å². The van der Waals surface area contributed by atoms with Gasteiger partial charge in [0.25, 0.3) is 5.91 Å². The summed E-state index contributed by atoms with van der Waals surface area (Å²) >= 11 is 0. The van der Waals surface area contributed by atoms with E-state index in [2.05, 4.69) is 31.1 Å². The first-order chi connectivity index (χ1) is 11.2. The smallest absolute Gasteiger partial charge is 0.361 e. The summed E-state index contributed by atoms with van der Waals surface area (Å²) in [5.74, 6) is 0.767. The third-order valence-electron chi connectivity index (χ3n) is 3.14. The Hall–Kier alpha value is -3.23. The Morgan fingerprint density at radius 1 is 1.35 bits per heavy atom. The number of amides is 1. The molecule has 0 aliphatic heterocycles. The number of aryl methyl sites for hydroxylation is 2. The topological polar surface area (TPSA) is 119 Å². The van der Waals surface area contributed by atoms with Crippen molar-refractivity contribution in [2.24, 2.45) is 0 Å². The molecule has 0 saturated heterocycles. The summed E-state index contributed by atoms with van der Waals surface area (Å²) in [6, 6.07) is 6.92. The van der Waals surface area contributed by atoms with Gasteiger partial charge in [-0.2, -0.15) is 5.21 Å². The van der Waals surface area contributed by atoms with Gasteiger partial charge < -0.3 is 14.6 Å². The zero-order valence-corrected chi connectivity index (χ0v) is 12.5. The molecule has 2 heterocycles. The van der Waals surface area contributed by atoms with Crippen molar-refractivity contribution in [3.8, 4) is 11.8 Å². The fraction of sp³-hybridized carbons (Fsp3) is 0.214. The molecule has 2 aromatic heterocycles. The maximum Gasteiger partial charge on any atom is 0.361 e. The van der Waals surface area contributed by atoms with Crippen molar-refractivity contribution in [2.45, 2.75) is 20.3 Å². The Kier molecular flexibility index (Phi) is 4.00. The lowest BCUT2D eigenvalue weighted by molar-refractivity contribution is 0.102. The number of hydrogen-bond acceptors (Lipinski definition) is 7. The molecule has 1 aromatic carbocycles. The Balaban J connectivity index is 1.70. The van der Waals surface area contributed by atoms with E-state index in [1.54, 1.807) is 31.2 Å². The van der Waals surface area contributed by atoms with Gasteiger partial charge in [-0.15, -0.1) is 0 Å². The molecule has 2 N–H and O–H groups in total. The zero-order chi connectivity index (χ0) is 16.2. The highest BCUT2D eigenvalue weighted by Gasteiger charge is 2.19. The molecule has 9 nitrogen and oxygen atoms in total. The lowest BCUT2D eigenvalue weighted by Crippen LogP contribution is -2.14. The molecule has 0 fully saturated rings. The first-order valence-corrected chi connectivity index (χ1v) is 6.95. The lowest BCUT2D eigenvalue weighted by atomic mass is 10.1. The van der Waals surface area contributed by atoms with Crippen molar-refractivity contribution in [2.75, 3.05) is 5.32 Å². The summed E-state index contributed by atoms with van der Waals surface area (Å²) in [6.45, 7) is 3.63. The number of H-pyrrole nitrogens is 1. The minimum Gasteiger partial charge on any atom is -0.422 e. The van der Waals surface area contributed by atoms with Crippen LogP contribution in [0.3, 0.4) is 0 Å². The molecular weight excluding hydrogens is 300 g/mol. The molecule has 0 aliphatic rings. The molecule has 0 radical (unpaired) electrons. The largest absolute Gasteiger partial charge is 0.422 e. The maximum atomic E-state index is 12.3. The molecule has 23 heavy (non-hydrogen) atoms. The first kappa shape index (κ1) is 14.7. The predicted molar refractivity (Wildman–Crippen MR) is 79.3 cm³/mol. The number of anilines is 1. The number of tetrazole rings is 1. The molecule has 1 amide bonds. The number of carbonyl (C=O) groups is 1. The molecule has 3 aromatic rings. The summed E-state index contributed by atoms with van der Waals surface area (Å²) in [4.78, 5) is 12.3. The van der Waals surface area contributed by atoms with Crippen LogP contribution in [0.5, 0.6) is 11.8 Å². The van der Waals surface area contributed by atoms with Crippen LogP contribution in [0.4, 0.5) is 5.69 Å². The molecular formula is C14H14N6O3. The fourth-order valence-electron chi connectivity index (χ4n) is 2.05. The number of nitrogens with one attached hydrogen (secondary N) is 2. The maximum absolute atomic E-state index is 12.3. The van der Waals surface area contributed by atoms with Crippen molar-refractivity contribution in [3.05, 3.63) is 41.3 Å². The average molecular weight is 314 g/mol. The van der Waals surface area contributed by atoms with Gasteiger partial charge in [0, 0.05) is 5.69 Å². The van der Waals surface area contributed by atoms with Crippen LogP contribution < -0.4 is 10.1 Å². The van der Waals surface area contributed by atoms with E-state index in [0.717, 1.165) is 0 Å². The van der Waals surface area contributed by atoms with Gasteiger partial charge in [0.15, 0.2) is 0 Å². The zero-order valence-electron chi connectivity index (χ0n) is 12.5. The highest BCUT2D eigenvalue weighted by Crippen LogP contribution is 2.21. The number of hydrogen-bond donors (Lipinski definition) is 2. The average Bonchev–Trinajstić information content (AvgIpc) is 3.18. The van der Waals surface area contributed by atoms with Crippen LogP contribution in [0, 0.1) is 6.92 Å². The van der Waals surface area contributed by atoms with Crippen LogP contribution in [-0.2, 0) is 6.42 Å². The number of aromatic nitrogens is 5. The number of aromatic amines is 1. The Morgan fingerprint density at radius 3 is 2.78 bits per heavy atom. The molecule has 118 valence electrons. The fourth-order valence-corrected chi connectivity index (χ4v) is 2.05. The highest BCUT2D eigenvalue weighted by molar-refractivity contribution is 6.05. The van der Waals surface area contributed by atoms with Crippen molar-refractivity contribution in [1.29, 1.82) is 0 Å².